The number of hydrogen-bond donors (Lipinski definition) is 2. The minimum atomic E-state index is 0.416. The second-order valence-corrected chi connectivity index (χ2v) is 4.70. The maximum Gasteiger partial charge on any atom is 0.187 e. The first-order valence-electron chi connectivity index (χ1n) is 5.36. The van der Waals surface area contributed by atoms with Gasteiger partial charge in [0.15, 0.2) is 5.13 Å². The summed E-state index contributed by atoms with van der Waals surface area (Å²) in [7, 11) is 0. The topological polar surface area (TPSA) is 50.9 Å². The van der Waals surface area contributed by atoms with Crippen LogP contribution in [0.25, 0.3) is 11.3 Å². The molecule has 0 atom stereocenters. The van der Waals surface area contributed by atoms with Gasteiger partial charge >= 0.3 is 0 Å². The fourth-order valence-electron chi connectivity index (χ4n) is 1.47. The van der Waals surface area contributed by atoms with Crippen molar-refractivity contribution in [2.24, 2.45) is 5.73 Å². The molecule has 88 valence electrons. The molecule has 2 aromatic rings. The molecule has 1 aromatic heterocycles. The Morgan fingerprint density at radius 3 is 3.06 bits per heavy atom. The number of aromatic nitrogens is 1. The van der Waals surface area contributed by atoms with E-state index in [1.54, 1.807) is 11.3 Å². The third-order valence-corrected chi connectivity index (χ3v) is 3.11. The largest absolute Gasteiger partial charge is 0.334 e. The van der Waals surface area contributed by atoms with Crippen LogP contribution in [0.15, 0.2) is 41.9 Å². The van der Waals surface area contributed by atoms with Gasteiger partial charge in [-0.3, -0.25) is 0 Å². The summed E-state index contributed by atoms with van der Waals surface area (Å²) >= 11 is 1.56. The fourth-order valence-corrected chi connectivity index (χ4v) is 2.24. The molecule has 0 bridgehead atoms. The van der Waals surface area contributed by atoms with E-state index in [2.05, 4.69) is 42.0 Å². The van der Waals surface area contributed by atoms with E-state index in [0.717, 1.165) is 22.1 Å². The lowest BCUT2D eigenvalue weighted by molar-refractivity contribution is 1.15. The number of nitrogens with one attached hydrogen (secondary N) is 1. The van der Waals surface area contributed by atoms with Crippen molar-refractivity contribution in [3.05, 3.63) is 47.5 Å². The fraction of sp³-hybridized carbons (Fsp3) is 0.154. The minimum absolute atomic E-state index is 0.416. The van der Waals surface area contributed by atoms with Crippen LogP contribution in [0.1, 0.15) is 5.56 Å². The Kier molecular flexibility index (Phi) is 3.56. The van der Waals surface area contributed by atoms with Gasteiger partial charge < -0.3 is 11.1 Å². The molecule has 0 fully saturated rings. The molecule has 0 aliphatic carbocycles. The molecule has 17 heavy (non-hydrogen) atoms. The molecule has 1 aromatic carbocycles. The van der Waals surface area contributed by atoms with Gasteiger partial charge in [-0.1, -0.05) is 30.3 Å². The number of hydrogen-bond acceptors (Lipinski definition) is 4. The average molecular weight is 245 g/mol. The lowest BCUT2D eigenvalue weighted by Crippen LogP contribution is -2.09. The number of benzene rings is 1. The molecule has 0 saturated carbocycles. The highest BCUT2D eigenvalue weighted by atomic mass is 32.1. The molecular weight excluding hydrogens is 230 g/mol. The zero-order valence-electron chi connectivity index (χ0n) is 9.73. The summed E-state index contributed by atoms with van der Waals surface area (Å²) in [6.07, 6.45) is 0. The maximum atomic E-state index is 5.47. The van der Waals surface area contributed by atoms with Crippen LogP contribution in [0, 0.1) is 6.92 Å². The van der Waals surface area contributed by atoms with Crippen molar-refractivity contribution in [2.75, 3.05) is 11.9 Å². The van der Waals surface area contributed by atoms with E-state index in [4.69, 9.17) is 5.73 Å². The molecule has 0 radical (unpaired) electrons. The van der Waals surface area contributed by atoms with Crippen molar-refractivity contribution in [3.63, 3.8) is 0 Å². The average Bonchev–Trinajstić information content (AvgIpc) is 2.77. The van der Waals surface area contributed by atoms with Crippen LogP contribution >= 0.6 is 11.3 Å². The van der Waals surface area contributed by atoms with Crippen molar-refractivity contribution < 1.29 is 0 Å². The van der Waals surface area contributed by atoms with E-state index in [0.29, 0.717) is 6.54 Å². The zero-order valence-corrected chi connectivity index (χ0v) is 10.6. The van der Waals surface area contributed by atoms with Crippen LogP contribution in [0.2, 0.25) is 0 Å². The third-order valence-electron chi connectivity index (χ3n) is 2.35. The first-order valence-corrected chi connectivity index (χ1v) is 6.24. The van der Waals surface area contributed by atoms with E-state index in [1.165, 1.54) is 5.56 Å². The summed E-state index contributed by atoms with van der Waals surface area (Å²) in [6, 6.07) is 8.29. The van der Waals surface area contributed by atoms with Gasteiger partial charge in [-0.2, -0.15) is 0 Å². The van der Waals surface area contributed by atoms with E-state index in [-0.39, 0.29) is 0 Å². The summed E-state index contributed by atoms with van der Waals surface area (Å²) in [4.78, 5) is 4.50. The Morgan fingerprint density at radius 1 is 1.53 bits per heavy atom. The van der Waals surface area contributed by atoms with Gasteiger partial charge in [-0.15, -0.1) is 11.3 Å². The third kappa shape index (κ3) is 2.93. The van der Waals surface area contributed by atoms with E-state index in [9.17, 15) is 0 Å². The molecule has 0 amide bonds. The van der Waals surface area contributed by atoms with Crippen LogP contribution in [0.4, 0.5) is 5.13 Å². The molecule has 4 heteroatoms. The van der Waals surface area contributed by atoms with Crippen LogP contribution in [-0.4, -0.2) is 11.5 Å². The molecule has 1 heterocycles. The summed E-state index contributed by atoms with van der Waals surface area (Å²) in [5.41, 5.74) is 9.59. The number of anilines is 1. The standard InChI is InChI=1S/C13H15N3S/c1-9-4-3-5-11(6-9)12-8-17-13(16-12)15-10(2)7-14/h3-6,8H,2,7,14H2,1H3,(H,15,16). The Bertz CT molecular complexity index is 531. The summed E-state index contributed by atoms with van der Waals surface area (Å²) in [5, 5.41) is 5.94. The highest BCUT2D eigenvalue weighted by molar-refractivity contribution is 7.14. The molecule has 3 nitrogen and oxygen atoms in total. The molecule has 0 unspecified atom stereocenters. The number of rotatable bonds is 4. The minimum Gasteiger partial charge on any atom is -0.334 e. The predicted octanol–water partition coefficient (Wildman–Crippen LogP) is 3.00. The van der Waals surface area contributed by atoms with E-state index in [1.807, 2.05) is 11.4 Å². The second kappa shape index (κ2) is 5.12. The number of thiazole rings is 1. The highest BCUT2D eigenvalue weighted by Crippen LogP contribution is 2.25. The van der Waals surface area contributed by atoms with Gasteiger partial charge in [0, 0.05) is 23.2 Å². The normalized spacial score (nSPS) is 10.2. The molecule has 0 saturated heterocycles. The first-order chi connectivity index (χ1) is 8.19. The van der Waals surface area contributed by atoms with Gasteiger partial charge in [0.05, 0.1) is 5.69 Å². The zero-order chi connectivity index (χ0) is 12.3. The van der Waals surface area contributed by atoms with Gasteiger partial charge in [0.1, 0.15) is 0 Å². The van der Waals surface area contributed by atoms with Gasteiger partial charge in [0.25, 0.3) is 0 Å². The maximum absolute atomic E-state index is 5.47. The van der Waals surface area contributed by atoms with Crippen molar-refractivity contribution in [1.29, 1.82) is 0 Å². The van der Waals surface area contributed by atoms with E-state index < -0.39 is 0 Å². The molecule has 0 aliphatic rings. The van der Waals surface area contributed by atoms with Crippen molar-refractivity contribution in [3.8, 4) is 11.3 Å². The number of nitrogens with zero attached hydrogens (tertiary/aromatic N) is 1. The Balaban J connectivity index is 2.21. The smallest absolute Gasteiger partial charge is 0.187 e. The van der Waals surface area contributed by atoms with Gasteiger partial charge in [-0.05, 0) is 13.0 Å². The van der Waals surface area contributed by atoms with Crippen LogP contribution in [0.3, 0.4) is 0 Å². The van der Waals surface area contributed by atoms with Crippen LogP contribution < -0.4 is 11.1 Å². The highest BCUT2D eigenvalue weighted by Gasteiger charge is 2.04. The van der Waals surface area contributed by atoms with Crippen LogP contribution in [-0.2, 0) is 0 Å². The quantitative estimate of drug-likeness (QED) is 0.870. The van der Waals surface area contributed by atoms with Crippen molar-refractivity contribution >= 4 is 16.5 Å². The Labute approximate surface area is 105 Å². The monoisotopic (exact) mass is 245 g/mol. The second-order valence-electron chi connectivity index (χ2n) is 3.84. The van der Waals surface area contributed by atoms with Gasteiger partial charge in [0.2, 0.25) is 0 Å². The van der Waals surface area contributed by atoms with Crippen molar-refractivity contribution in [1.82, 2.24) is 4.98 Å². The van der Waals surface area contributed by atoms with E-state index >= 15 is 0 Å². The molecule has 0 aliphatic heterocycles. The number of aryl methyl sites for hydroxylation is 1. The molecule has 3 N–H and O–H groups in total. The summed E-state index contributed by atoms with van der Waals surface area (Å²) in [5.74, 6) is 0. The van der Waals surface area contributed by atoms with Crippen LogP contribution in [0.5, 0.6) is 0 Å². The predicted molar refractivity (Wildman–Crippen MR) is 74.1 cm³/mol. The van der Waals surface area contributed by atoms with Crippen molar-refractivity contribution in [2.45, 2.75) is 6.92 Å². The summed E-state index contributed by atoms with van der Waals surface area (Å²) < 4.78 is 0. The summed E-state index contributed by atoms with van der Waals surface area (Å²) in [6.45, 7) is 6.29. The molecule has 2 rings (SSSR count). The lowest BCUT2D eigenvalue weighted by atomic mass is 10.1. The number of nitrogens with two attached hydrogens (primary N) is 1. The van der Waals surface area contributed by atoms with Gasteiger partial charge in [-0.25, -0.2) is 4.98 Å². The molecule has 0 spiro atoms. The Morgan fingerprint density at radius 2 is 2.35 bits per heavy atom. The Hall–Kier alpha value is -1.65. The first kappa shape index (κ1) is 11.8. The SMILES string of the molecule is C=C(CN)Nc1nc(-c2cccc(C)c2)cs1. The lowest BCUT2D eigenvalue weighted by Gasteiger charge is -2.02. The molecular formula is C13H15N3S.